The van der Waals surface area contributed by atoms with Crippen LogP contribution in [0.5, 0.6) is 5.75 Å². The van der Waals surface area contributed by atoms with E-state index in [0.717, 1.165) is 15.1 Å². The Kier molecular flexibility index (Phi) is 6.42. The minimum atomic E-state index is -0.194. The summed E-state index contributed by atoms with van der Waals surface area (Å²) in [5, 5.41) is 4.75. The lowest BCUT2D eigenvalue weighted by Crippen LogP contribution is -2.19. The van der Waals surface area contributed by atoms with E-state index in [0.29, 0.717) is 5.75 Å². The van der Waals surface area contributed by atoms with Gasteiger partial charge < -0.3 is 4.74 Å². The number of halogens is 1. The minimum absolute atomic E-state index is 0.194. The minimum Gasteiger partial charge on any atom is -0.496 e. The summed E-state index contributed by atoms with van der Waals surface area (Å²) >= 11 is 4.74. The van der Waals surface area contributed by atoms with Crippen LogP contribution < -0.4 is 10.2 Å². The molecule has 1 N–H and O–H groups in total. The van der Waals surface area contributed by atoms with Crippen LogP contribution in [-0.2, 0) is 4.79 Å². The van der Waals surface area contributed by atoms with Gasteiger partial charge in [0.2, 0.25) is 5.91 Å². The van der Waals surface area contributed by atoms with Crippen molar-refractivity contribution in [3.05, 3.63) is 52.6 Å². The number of carbonyl (C=O) groups is 1. The van der Waals surface area contributed by atoms with Crippen LogP contribution >= 0.6 is 27.7 Å². The highest BCUT2D eigenvalue weighted by Gasteiger charge is 2.03. The van der Waals surface area contributed by atoms with Gasteiger partial charge in [-0.1, -0.05) is 33.8 Å². The van der Waals surface area contributed by atoms with Crippen LogP contribution in [-0.4, -0.2) is 30.0 Å². The van der Waals surface area contributed by atoms with Gasteiger partial charge >= 0.3 is 0 Å². The molecule has 5 nitrogen and oxygen atoms in total. The Morgan fingerprint density at radius 3 is 3.05 bits per heavy atom. The summed E-state index contributed by atoms with van der Waals surface area (Å²) in [7, 11) is 1.59. The van der Waals surface area contributed by atoms with E-state index in [4.69, 9.17) is 4.74 Å². The number of rotatable bonds is 6. The maximum atomic E-state index is 11.7. The van der Waals surface area contributed by atoms with Crippen molar-refractivity contribution in [1.29, 1.82) is 0 Å². The Labute approximate surface area is 141 Å². The second-order valence-corrected chi connectivity index (χ2v) is 6.05. The molecule has 0 unspecified atom stereocenters. The van der Waals surface area contributed by atoms with Crippen molar-refractivity contribution >= 4 is 39.8 Å². The number of hydrazone groups is 1. The SMILES string of the molecule is COc1ccc(Br)cc1C=NNC(=O)CSc1ccccn1. The molecule has 1 aromatic heterocycles. The third kappa shape index (κ3) is 5.16. The van der Waals surface area contributed by atoms with E-state index in [1.165, 1.54) is 11.8 Å². The average molecular weight is 380 g/mol. The highest BCUT2D eigenvalue weighted by Crippen LogP contribution is 2.21. The zero-order chi connectivity index (χ0) is 15.8. The van der Waals surface area contributed by atoms with Gasteiger partial charge in [0.25, 0.3) is 0 Å². The number of aromatic nitrogens is 1. The molecular weight excluding hydrogens is 366 g/mol. The number of amides is 1. The number of hydrogen-bond donors (Lipinski definition) is 1. The van der Waals surface area contributed by atoms with Crippen LogP contribution in [0.3, 0.4) is 0 Å². The van der Waals surface area contributed by atoms with Crippen LogP contribution in [0.15, 0.2) is 57.2 Å². The zero-order valence-electron chi connectivity index (χ0n) is 11.8. The van der Waals surface area contributed by atoms with Gasteiger partial charge in [-0.05, 0) is 30.3 Å². The predicted molar refractivity (Wildman–Crippen MR) is 91.4 cm³/mol. The van der Waals surface area contributed by atoms with Crippen LogP contribution in [0.25, 0.3) is 0 Å². The number of methoxy groups -OCH3 is 1. The fraction of sp³-hybridized carbons (Fsp3) is 0.133. The molecule has 2 rings (SSSR count). The summed E-state index contributed by atoms with van der Waals surface area (Å²) in [5.74, 6) is 0.745. The summed E-state index contributed by atoms with van der Waals surface area (Å²) < 4.78 is 6.14. The largest absolute Gasteiger partial charge is 0.496 e. The van der Waals surface area contributed by atoms with E-state index in [2.05, 4.69) is 31.4 Å². The zero-order valence-corrected chi connectivity index (χ0v) is 14.2. The molecule has 0 spiro atoms. The Hall–Kier alpha value is -1.86. The number of hydrogen-bond acceptors (Lipinski definition) is 5. The standard InChI is InChI=1S/C15H14BrN3O2S/c1-21-13-6-5-12(16)8-11(13)9-18-19-14(20)10-22-15-4-2-3-7-17-15/h2-9H,10H2,1H3,(H,19,20). The number of pyridine rings is 1. The van der Waals surface area contributed by atoms with Crippen LogP contribution in [0, 0.1) is 0 Å². The molecule has 2 aromatic rings. The fourth-order valence-corrected chi connectivity index (χ4v) is 2.62. The van der Waals surface area contributed by atoms with E-state index in [1.807, 2.05) is 36.4 Å². The lowest BCUT2D eigenvalue weighted by molar-refractivity contribution is -0.118. The first-order chi connectivity index (χ1) is 10.7. The Morgan fingerprint density at radius 2 is 2.32 bits per heavy atom. The van der Waals surface area contributed by atoms with Crippen LogP contribution in [0.2, 0.25) is 0 Å². The molecule has 1 aromatic carbocycles. The monoisotopic (exact) mass is 379 g/mol. The third-order valence-electron chi connectivity index (χ3n) is 2.57. The highest BCUT2D eigenvalue weighted by atomic mass is 79.9. The Balaban J connectivity index is 1.87. The molecular formula is C15H14BrN3O2S. The Bertz CT molecular complexity index is 665. The van der Waals surface area contributed by atoms with Gasteiger partial charge in [-0.2, -0.15) is 5.10 Å². The normalized spacial score (nSPS) is 10.6. The molecule has 114 valence electrons. The van der Waals surface area contributed by atoms with Crippen molar-refractivity contribution in [1.82, 2.24) is 10.4 Å². The van der Waals surface area contributed by atoms with Crippen molar-refractivity contribution < 1.29 is 9.53 Å². The Morgan fingerprint density at radius 1 is 1.45 bits per heavy atom. The van der Waals surface area contributed by atoms with E-state index in [1.54, 1.807) is 19.5 Å². The van der Waals surface area contributed by atoms with E-state index < -0.39 is 0 Å². The molecule has 1 amide bonds. The van der Waals surface area contributed by atoms with Crippen LogP contribution in [0.4, 0.5) is 0 Å². The molecule has 22 heavy (non-hydrogen) atoms. The number of ether oxygens (including phenoxy) is 1. The van der Waals surface area contributed by atoms with Gasteiger partial charge in [-0.3, -0.25) is 4.79 Å². The van der Waals surface area contributed by atoms with E-state index >= 15 is 0 Å². The van der Waals surface area contributed by atoms with Gasteiger partial charge in [0.05, 0.1) is 24.1 Å². The lowest BCUT2D eigenvalue weighted by atomic mass is 10.2. The van der Waals surface area contributed by atoms with Crippen molar-refractivity contribution in [2.24, 2.45) is 5.10 Å². The van der Waals surface area contributed by atoms with Crippen molar-refractivity contribution in [3.8, 4) is 5.75 Å². The molecule has 0 bridgehead atoms. The van der Waals surface area contributed by atoms with Crippen molar-refractivity contribution in [2.45, 2.75) is 5.03 Å². The number of thioether (sulfide) groups is 1. The number of benzene rings is 1. The first kappa shape index (κ1) is 16.5. The highest BCUT2D eigenvalue weighted by molar-refractivity contribution is 9.10. The van der Waals surface area contributed by atoms with Crippen LogP contribution in [0.1, 0.15) is 5.56 Å². The quantitative estimate of drug-likeness (QED) is 0.475. The summed E-state index contributed by atoms with van der Waals surface area (Å²) in [5.41, 5.74) is 3.26. The first-order valence-corrected chi connectivity index (χ1v) is 8.16. The lowest BCUT2D eigenvalue weighted by Gasteiger charge is -2.04. The summed E-state index contributed by atoms with van der Waals surface area (Å²) in [6.45, 7) is 0. The van der Waals surface area contributed by atoms with Gasteiger partial charge in [-0.15, -0.1) is 0 Å². The van der Waals surface area contributed by atoms with Crippen molar-refractivity contribution in [2.75, 3.05) is 12.9 Å². The molecule has 0 saturated carbocycles. The molecule has 7 heteroatoms. The number of nitrogens with zero attached hydrogens (tertiary/aromatic N) is 2. The average Bonchev–Trinajstić information content (AvgIpc) is 2.54. The molecule has 0 aliphatic rings. The van der Waals surface area contributed by atoms with Gasteiger partial charge in [0.1, 0.15) is 5.75 Å². The second kappa shape index (κ2) is 8.55. The second-order valence-electron chi connectivity index (χ2n) is 4.14. The fourth-order valence-electron chi connectivity index (χ4n) is 1.58. The summed E-state index contributed by atoms with van der Waals surface area (Å²) in [4.78, 5) is 15.8. The predicted octanol–water partition coefficient (Wildman–Crippen LogP) is 3.10. The van der Waals surface area contributed by atoms with Gasteiger partial charge in [0, 0.05) is 16.2 Å². The maximum absolute atomic E-state index is 11.7. The molecule has 0 saturated heterocycles. The first-order valence-electron chi connectivity index (χ1n) is 6.38. The van der Waals surface area contributed by atoms with E-state index in [-0.39, 0.29) is 11.7 Å². The smallest absolute Gasteiger partial charge is 0.250 e. The summed E-state index contributed by atoms with van der Waals surface area (Å²) in [6, 6.07) is 11.1. The topological polar surface area (TPSA) is 63.6 Å². The molecule has 0 aliphatic heterocycles. The molecule has 1 heterocycles. The maximum Gasteiger partial charge on any atom is 0.250 e. The molecule has 0 aliphatic carbocycles. The third-order valence-corrected chi connectivity index (χ3v) is 4.01. The van der Waals surface area contributed by atoms with Gasteiger partial charge in [-0.25, -0.2) is 10.4 Å². The molecule has 0 radical (unpaired) electrons. The van der Waals surface area contributed by atoms with E-state index in [9.17, 15) is 4.79 Å². The van der Waals surface area contributed by atoms with Crippen molar-refractivity contribution in [3.63, 3.8) is 0 Å². The molecule has 0 fully saturated rings. The number of carbonyl (C=O) groups excluding carboxylic acids is 1. The molecule has 0 atom stereocenters. The van der Waals surface area contributed by atoms with Gasteiger partial charge in [0.15, 0.2) is 0 Å². The summed E-state index contributed by atoms with van der Waals surface area (Å²) in [6.07, 6.45) is 3.24. The number of nitrogens with one attached hydrogen (secondary N) is 1.